The molecule has 0 aromatic carbocycles. The van der Waals surface area contributed by atoms with E-state index in [4.69, 9.17) is 0 Å². The summed E-state index contributed by atoms with van der Waals surface area (Å²) in [5.41, 5.74) is 2.41. The molecule has 1 fully saturated rings. The second kappa shape index (κ2) is 7.85. The van der Waals surface area contributed by atoms with Gasteiger partial charge in [0.15, 0.2) is 5.65 Å². The van der Waals surface area contributed by atoms with Crippen LogP contribution < -0.4 is 10.2 Å². The van der Waals surface area contributed by atoms with E-state index < -0.39 is 0 Å². The summed E-state index contributed by atoms with van der Waals surface area (Å²) in [6, 6.07) is 1.98. The van der Waals surface area contributed by atoms with Crippen LogP contribution in [0.15, 0.2) is 6.07 Å². The van der Waals surface area contributed by atoms with Gasteiger partial charge >= 0.3 is 0 Å². The molecule has 8 nitrogen and oxygen atoms in total. The number of aromatic nitrogens is 3. The minimum atomic E-state index is -0.325. The lowest BCUT2D eigenvalue weighted by Crippen LogP contribution is -2.31. The fraction of sp³-hybridized carbons (Fsp3) is 0.526. The van der Waals surface area contributed by atoms with Crippen LogP contribution in [0, 0.1) is 13.8 Å². The summed E-state index contributed by atoms with van der Waals surface area (Å²) in [4.78, 5) is 41.2. The van der Waals surface area contributed by atoms with E-state index in [1.54, 1.807) is 0 Å². The van der Waals surface area contributed by atoms with Crippen molar-refractivity contribution in [2.24, 2.45) is 0 Å². The fourth-order valence-corrected chi connectivity index (χ4v) is 3.37. The average Bonchev–Trinajstić information content (AvgIpc) is 3.02. The van der Waals surface area contributed by atoms with Gasteiger partial charge in [-0.05, 0) is 38.3 Å². The topological polar surface area (TPSA) is 91.3 Å². The van der Waals surface area contributed by atoms with Gasteiger partial charge in [-0.3, -0.25) is 9.59 Å². The number of likely N-dealkylation sites (tertiary alicyclic amines) is 1. The number of fused-ring (bicyclic) bond motifs is 1. The van der Waals surface area contributed by atoms with Crippen molar-refractivity contribution in [3.63, 3.8) is 0 Å². The van der Waals surface area contributed by atoms with Gasteiger partial charge in [-0.15, -0.1) is 0 Å². The Morgan fingerprint density at radius 2 is 2.04 bits per heavy atom. The number of hydrogen-bond donors (Lipinski definition) is 1. The van der Waals surface area contributed by atoms with E-state index in [0.29, 0.717) is 37.4 Å². The molecule has 2 amide bonds. The molecule has 3 rings (SSSR count). The molecule has 27 heavy (non-hydrogen) atoms. The van der Waals surface area contributed by atoms with Crippen LogP contribution in [0.5, 0.6) is 0 Å². The molecule has 1 aliphatic heterocycles. The molecule has 1 aliphatic rings. The SMILES string of the molecule is Cc1cc(C)c2c(N(C)C)nc(C(=O)NCCCN3CCCC3=O)nc2n1. The van der Waals surface area contributed by atoms with E-state index in [0.717, 1.165) is 29.6 Å². The first-order valence-corrected chi connectivity index (χ1v) is 9.26. The van der Waals surface area contributed by atoms with Crippen molar-refractivity contribution in [3.8, 4) is 0 Å². The summed E-state index contributed by atoms with van der Waals surface area (Å²) in [5.74, 6) is 0.666. The molecule has 0 radical (unpaired) electrons. The van der Waals surface area contributed by atoms with E-state index in [2.05, 4.69) is 20.3 Å². The second-order valence-corrected chi connectivity index (χ2v) is 7.14. The summed E-state index contributed by atoms with van der Waals surface area (Å²) in [5, 5.41) is 3.71. The lowest BCUT2D eigenvalue weighted by molar-refractivity contribution is -0.127. The van der Waals surface area contributed by atoms with Gasteiger partial charge in [0.25, 0.3) is 5.91 Å². The molecule has 0 saturated carbocycles. The molecule has 144 valence electrons. The number of aryl methyl sites for hydroxylation is 2. The third-order valence-corrected chi connectivity index (χ3v) is 4.66. The zero-order valence-electron chi connectivity index (χ0n) is 16.4. The van der Waals surface area contributed by atoms with Crippen LogP contribution in [0.3, 0.4) is 0 Å². The number of rotatable bonds is 6. The minimum Gasteiger partial charge on any atom is -0.362 e. The van der Waals surface area contributed by atoms with E-state index in [1.165, 1.54) is 0 Å². The first kappa shape index (κ1) is 19.0. The monoisotopic (exact) mass is 370 g/mol. The molecular formula is C19H26N6O2. The summed E-state index contributed by atoms with van der Waals surface area (Å²) in [6.45, 7) is 5.86. The summed E-state index contributed by atoms with van der Waals surface area (Å²) in [7, 11) is 3.77. The predicted molar refractivity (Wildman–Crippen MR) is 104 cm³/mol. The highest BCUT2D eigenvalue weighted by molar-refractivity contribution is 5.96. The van der Waals surface area contributed by atoms with Gasteiger partial charge in [-0.2, -0.15) is 0 Å². The molecule has 1 saturated heterocycles. The smallest absolute Gasteiger partial charge is 0.289 e. The number of nitrogens with zero attached hydrogens (tertiary/aromatic N) is 5. The molecular weight excluding hydrogens is 344 g/mol. The van der Waals surface area contributed by atoms with E-state index >= 15 is 0 Å². The molecule has 1 N–H and O–H groups in total. The number of anilines is 1. The number of nitrogens with one attached hydrogen (secondary N) is 1. The zero-order chi connectivity index (χ0) is 19.6. The van der Waals surface area contributed by atoms with E-state index in [1.807, 2.05) is 43.8 Å². The number of amides is 2. The van der Waals surface area contributed by atoms with Crippen molar-refractivity contribution in [3.05, 3.63) is 23.1 Å². The molecule has 0 aliphatic carbocycles. The Morgan fingerprint density at radius 1 is 1.26 bits per heavy atom. The van der Waals surface area contributed by atoms with Crippen molar-refractivity contribution in [1.82, 2.24) is 25.2 Å². The van der Waals surface area contributed by atoms with Gasteiger partial charge in [0.05, 0.1) is 5.39 Å². The highest BCUT2D eigenvalue weighted by Gasteiger charge is 2.20. The standard InChI is InChI=1S/C19H26N6O2/c1-12-11-13(2)21-16-15(12)18(24(3)4)23-17(22-16)19(27)20-8-6-10-25-9-5-7-14(25)26/h11H,5-10H2,1-4H3,(H,20,27). The molecule has 2 aromatic rings. The van der Waals surface area contributed by atoms with Crippen molar-refractivity contribution in [2.75, 3.05) is 38.6 Å². The number of pyridine rings is 1. The Bertz CT molecular complexity index is 880. The molecule has 3 heterocycles. The Labute approximate surface area is 159 Å². The number of carbonyl (C=O) groups excluding carboxylic acids is 2. The maximum atomic E-state index is 12.5. The quantitative estimate of drug-likeness (QED) is 0.774. The highest BCUT2D eigenvalue weighted by atomic mass is 16.2. The van der Waals surface area contributed by atoms with Gasteiger partial charge in [0, 0.05) is 45.8 Å². The molecule has 8 heteroatoms. The van der Waals surface area contributed by atoms with Crippen LogP contribution in [0.2, 0.25) is 0 Å². The van der Waals surface area contributed by atoms with Crippen molar-refractivity contribution < 1.29 is 9.59 Å². The number of hydrogen-bond acceptors (Lipinski definition) is 6. The molecule has 0 atom stereocenters. The summed E-state index contributed by atoms with van der Waals surface area (Å²) >= 11 is 0. The largest absolute Gasteiger partial charge is 0.362 e. The van der Waals surface area contributed by atoms with Gasteiger partial charge in [-0.1, -0.05) is 0 Å². The van der Waals surface area contributed by atoms with Crippen LogP contribution in [0.4, 0.5) is 5.82 Å². The molecule has 2 aromatic heterocycles. The van der Waals surface area contributed by atoms with E-state index in [-0.39, 0.29) is 17.6 Å². The average molecular weight is 370 g/mol. The third-order valence-electron chi connectivity index (χ3n) is 4.66. The lowest BCUT2D eigenvalue weighted by atomic mass is 10.1. The Morgan fingerprint density at radius 3 is 2.70 bits per heavy atom. The predicted octanol–water partition coefficient (Wildman–Crippen LogP) is 1.45. The first-order valence-electron chi connectivity index (χ1n) is 9.26. The fourth-order valence-electron chi connectivity index (χ4n) is 3.37. The minimum absolute atomic E-state index is 0.112. The highest BCUT2D eigenvalue weighted by Crippen LogP contribution is 2.25. The second-order valence-electron chi connectivity index (χ2n) is 7.14. The van der Waals surface area contributed by atoms with Crippen LogP contribution in [-0.4, -0.2) is 65.4 Å². The molecule has 0 unspecified atom stereocenters. The summed E-state index contributed by atoms with van der Waals surface area (Å²) in [6.07, 6.45) is 2.27. The van der Waals surface area contributed by atoms with Gasteiger partial charge in [0.1, 0.15) is 5.82 Å². The van der Waals surface area contributed by atoms with Gasteiger partial charge < -0.3 is 15.1 Å². The maximum Gasteiger partial charge on any atom is 0.289 e. The van der Waals surface area contributed by atoms with E-state index in [9.17, 15) is 9.59 Å². The van der Waals surface area contributed by atoms with Crippen LogP contribution >= 0.6 is 0 Å². The maximum absolute atomic E-state index is 12.5. The third kappa shape index (κ3) is 4.15. The van der Waals surface area contributed by atoms with Crippen molar-refractivity contribution in [1.29, 1.82) is 0 Å². The lowest BCUT2D eigenvalue weighted by Gasteiger charge is -2.17. The van der Waals surface area contributed by atoms with Crippen LogP contribution in [-0.2, 0) is 4.79 Å². The normalized spacial score (nSPS) is 14.1. The van der Waals surface area contributed by atoms with Gasteiger partial charge in [-0.25, -0.2) is 15.0 Å². The zero-order valence-corrected chi connectivity index (χ0v) is 16.4. The van der Waals surface area contributed by atoms with Crippen molar-refractivity contribution in [2.45, 2.75) is 33.1 Å². The summed E-state index contributed by atoms with van der Waals surface area (Å²) < 4.78 is 0. The van der Waals surface area contributed by atoms with Crippen LogP contribution in [0.1, 0.15) is 41.1 Å². The number of carbonyl (C=O) groups is 2. The first-order chi connectivity index (χ1) is 12.9. The van der Waals surface area contributed by atoms with Crippen molar-refractivity contribution >= 4 is 28.7 Å². The molecule has 0 bridgehead atoms. The Kier molecular flexibility index (Phi) is 5.53. The van der Waals surface area contributed by atoms with Gasteiger partial charge in [0.2, 0.25) is 11.7 Å². The Balaban J connectivity index is 1.73. The molecule has 0 spiro atoms. The Hall–Kier alpha value is -2.77. The van der Waals surface area contributed by atoms with Crippen LogP contribution in [0.25, 0.3) is 11.0 Å².